The zero-order valence-corrected chi connectivity index (χ0v) is 8.18. The normalized spacial score (nSPS) is 13.1. The Morgan fingerprint density at radius 1 is 1.08 bits per heavy atom. The number of hydrogen-bond donors (Lipinski definition) is 1. The van der Waals surface area contributed by atoms with E-state index in [0.29, 0.717) is 0 Å². The molecule has 0 saturated heterocycles. The molecule has 0 aliphatic heterocycles. The van der Waals surface area contributed by atoms with Crippen LogP contribution in [-0.2, 0) is 0 Å². The average molecular weight is 164 g/mol. The van der Waals surface area contributed by atoms with Gasteiger partial charge in [0.15, 0.2) is 0 Å². The van der Waals surface area contributed by atoms with Crippen LogP contribution in [0.5, 0.6) is 0 Å². The van der Waals surface area contributed by atoms with Crippen molar-refractivity contribution in [2.24, 2.45) is 0 Å². The van der Waals surface area contributed by atoms with Gasteiger partial charge in [-0.05, 0) is 44.4 Å². The van der Waals surface area contributed by atoms with Crippen molar-refractivity contribution < 1.29 is 5.11 Å². The zero-order valence-electron chi connectivity index (χ0n) is 8.18. The van der Waals surface area contributed by atoms with Crippen LogP contribution >= 0.6 is 0 Å². The van der Waals surface area contributed by atoms with Crippen LogP contribution in [0.4, 0.5) is 0 Å². The van der Waals surface area contributed by atoms with E-state index in [9.17, 15) is 5.11 Å². The summed E-state index contributed by atoms with van der Waals surface area (Å²) in [5.74, 6) is 0. The highest BCUT2D eigenvalue weighted by atomic mass is 16.3. The van der Waals surface area contributed by atoms with Crippen LogP contribution in [0.3, 0.4) is 0 Å². The van der Waals surface area contributed by atoms with E-state index in [1.807, 2.05) is 20.8 Å². The number of aliphatic hydroxyl groups excluding tert-OH is 1. The fourth-order valence-electron chi connectivity index (χ4n) is 1.85. The quantitative estimate of drug-likeness (QED) is 0.676. The standard InChI is InChI=1S/C11H16O/c1-7-5-8(2)11(10(4)12)9(3)6-7/h5-6,10,12H,1-4H3/t10-/m1/s1. The molecule has 0 aliphatic rings. The van der Waals surface area contributed by atoms with Crippen molar-refractivity contribution in [3.63, 3.8) is 0 Å². The Kier molecular flexibility index (Phi) is 2.53. The number of aryl methyl sites for hydroxylation is 3. The first kappa shape index (κ1) is 9.27. The Labute approximate surface area is 74.1 Å². The summed E-state index contributed by atoms with van der Waals surface area (Å²) < 4.78 is 0. The van der Waals surface area contributed by atoms with Gasteiger partial charge in [-0.15, -0.1) is 0 Å². The predicted molar refractivity (Wildman–Crippen MR) is 51.3 cm³/mol. The molecule has 0 aliphatic carbocycles. The molecule has 1 heteroatoms. The number of benzene rings is 1. The minimum atomic E-state index is -0.356. The van der Waals surface area contributed by atoms with Crippen LogP contribution in [0.2, 0.25) is 0 Å². The van der Waals surface area contributed by atoms with Gasteiger partial charge in [0.25, 0.3) is 0 Å². The van der Waals surface area contributed by atoms with Crippen LogP contribution in [0.25, 0.3) is 0 Å². The summed E-state index contributed by atoms with van der Waals surface area (Å²) in [5.41, 5.74) is 4.69. The highest BCUT2D eigenvalue weighted by molar-refractivity contribution is 5.38. The highest BCUT2D eigenvalue weighted by Gasteiger charge is 2.07. The Balaban J connectivity index is 3.28. The van der Waals surface area contributed by atoms with E-state index in [1.54, 1.807) is 0 Å². The van der Waals surface area contributed by atoms with E-state index < -0.39 is 0 Å². The minimum absolute atomic E-state index is 0.356. The fourth-order valence-corrected chi connectivity index (χ4v) is 1.85. The fraction of sp³-hybridized carbons (Fsp3) is 0.455. The first-order valence-electron chi connectivity index (χ1n) is 4.28. The van der Waals surface area contributed by atoms with Gasteiger partial charge < -0.3 is 5.11 Å². The lowest BCUT2D eigenvalue weighted by Gasteiger charge is -2.13. The highest BCUT2D eigenvalue weighted by Crippen LogP contribution is 2.22. The van der Waals surface area contributed by atoms with Gasteiger partial charge in [0, 0.05) is 0 Å². The molecular formula is C11H16O. The van der Waals surface area contributed by atoms with Crippen LogP contribution in [0.15, 0.2) is 12.1 Å². The summed E-state index contributed by atoms with van der Waals surface area (Å²) in [6, 6.07) is 4.21. The molecule has 1 aromatic carbocycles. The van der Waals surface area contributed by atoms with Gasteiger partial charge >= 0.3 is 0 Å². The van der Waals surface area contributed by atoms with E-state index in [0.717, 1.165) is 5.56 Å². The molecule has 1 nitrogen and oxygen atoms in total. The smallest absolute Gasteiger partial charge is 0.0767 e. The van der Waals surface area contributed by atoms with Crippen LogP contribution in [0, 0.1) is 20.8 Å². The van der Waals surface area contributed by atoms with Gasteiger partial charge in [-0.25, -0.2) is 0 Å². The van der Waals surface area contributed by atoms with Crippen molar-refractivity contribution in [3.05, 3.63) is 34.4 Å². The van der Waals surface area contributed by atoms with Gasteiger partial charge in [0.2, 0.25) is 0 Å². The Hall–Kier alpha value is -0.820. The first-order chi connectivity index (χ1) is 5.52. The van der Waals surface area contributed by atoms with Crippen molar-refractivity contribution >= 4 is 0 Å². The lowest BCUT2D eigenvalue weighted by Crippen LogP contribution is -1.99. The second-order valence-electron chi connectivity index (χ2n) is 3.49. The molecular weight excluding hydrogens is 148 g/mol. The molecule has 1 atom stereocenters. The third-order valence-corrected chi connectivity index (χ3v) is 2.16. The second-order valence-corrected chi connectivity index (χ2v) is 3.49. The summed E-state index contributed by atoms with van der Waals surface area (Å²) in [6.45, 7) is 7.97. The molecule has 0 aromatic heterocycles. The summed E-state index contributed by atoms with van der Waals surface area (Å²) in [4.78, 5) is 0. The van der Waals surface area contributed by atoms with Crippen molar-refractivity contribution in [3.8, 4) is 0 Å². The number of rotatable bonds is 1. The maximum Gasteiger partial charge on any atom is 0.0767 e. The summed E-state index contributed by atoms with van der Waals surface area (Å²) in [7, 11) is 0. The molecule has 0 radical (unpaired) electrons. The molecule has 1 rings (SSSR count). The lowest BCUT2D eigenvalue weighted by atomic mass is 9.96. The third kappa shape index (κ3) is 1.67. The number of hydrogen-bond acceptors (Lipinski definition) is 1. The molecule has 0 unspecified atom stereocenters. The van der Waals surface area contributed by atoms with Gasteiger partial charge in [-0.3, -0.25) is 0 Å². The average Bonchev–Trinajstić information content (AvgIpc) is 1.82. The zero-order chi connectivity index (χ0) is 9.30. The second kappa shape index (κ2) is 3.28. The molecule has 1 N–H and O–H groups in total. The van der Waals surface area contributed by atoms with Crippen molar-refractivity contribution in [1.82, 2.24) is 0 Å². The molecule has 0 fully saturated rings. The molecule has 0 spiro atoms. The van der Waals surface area contributed by atoms with Crippen molar-refractivity contribution in [2.75, 3.05) is 0 Å². The summed E-state index contributed by atoms with van der Waals surface area (Å²) in [6.07, 6.45) is -0.356. The van der Waals surface area contributed by atoms with Crippen LogP contribution in [-0.4, -0.2) is 5.11 Å². The van der Waals surface area contributed by atoms with E-state index in [-0.39, 0.29) is 6.10 Å². The molecule has 0 heterocycles. The molecule has 12 heavy (non-hydrogen) atoms. The van der Waals surface area contributed by atoms with Crippen molar-refractivity contribution in [1.29, 1.82) is 0 Å². The van der Waals surface area contributed by atoms with Gasteiger partial charge in [-0.1, -0.05) is 17.7 Å². The lowest BCUT2D eigenvalue weighted by molar-refractivity contribution is 0.198. The SMILES string of the molecule is Cc1cc(C)c([C@@H](C)O)c(C)c1. The van der Waals surface area contributed by atoms with Crippen LogP contribution < -0.4 is 0 Å². The molecule has 1 aromatic rings. The first-order valence-corrected chi connectivity index (χ1v) is 4.28. The van der Waals surface area contributed by atoms with Gasteiger partial charge in [0.05, 0.1) is 6.10 Å². The Morgan fingerprint density at radius 2 is 1.50 bits per heavy atom. The molecule has 66 valence electrons. The molecule has 0 amide bonds. The van der Waals surface area contributed by atoms with Gasteiger partial charge in [0.1, 0.15) is 0 Å². The maximum atomic E-state index is 9.48. The third-order valence-electron chi connectivity index (χ3n) is 2.16. The summed E-state index contributed by atoms with van der Waals surface area (Å²) in [5, 5.41) is 9.48. The van der Waals surface area contributed by atoms with E-state index in [4.69, 9.17) is 0 Å². The van der Waals surface area contributed by atoms with E-state index >= 15 is 0 Å². The monoisotopic (exact) mass is 164 g/mol. The van der Waals surface area contributed by atoms with E-state index in [2.05, 4.69) is 19.1 Å². The van der Waals surface area contributed by atoms with Gasteiger partial charge in [-0.2, -0.15) is 0 Å². The summed E-state index contributed by atoms with van der Waals surface area (Å²) >= 11 is 0. The predicted octanol–water partition coefficient (Wildman–Crippen LogP) is 2.67. The molecule has 0 bridgehead atoms. The maximum absolute atomic E-state index is 9.48. The topological polar surface area (TPSA) is 20.2 Å². The molecule has 0 saturated carbocycles. The largest absolute Gasteiger partial charge is 0.389 e. The van der Waals surface area contributed by atoms with Crippen LogP contribution in [0.1, 0.15) is 35.3 Å². The Bertz CT molecular complexity index is 264. The van der Waals surface area contributed by atoms with Crippen molar-refractivity contribution in [2.45, 2.75) is 33.8 Å². The Morgan fingerprint density at radius 3 is 1.83 bits per heavy atom. The van der Waals surface area contributed by atoms with E-state index in [1.165, 1.54) is 16.7 Å². The minimum Gasteiger partial charge on any atom is -0.389 e. The number of aliphatic hydroxyl groups is 1.